The molecule has 4 heteroatoms. The van der Waals surface area contributed by atoms with E-state index in [1.165, 1.54) is 0 Å². The minimum atomic E-state index is -0.404. The number of carbonyl (C=O) groups excluding carboxylic acids is 1. The summed E-state index contributed by atoms with van der Waals surface area (Å²) in [5.74, 6) is 0.609. The van der Waals surface area contributed by atoms with Gasteiger partial charge in [0.15, 0.2) is 0 Å². The number of anilines is 1. The highest BCUT2D eigenvalue weighted by Crippen LogP contribution is 2.27. The molecular formula is C11H14N2O2. The van der Waals surface area contributed by atoms with Gasteiger partial charge in [0.2, 0.25) is 0 Å². The van der Waals surface area contributed by atoms with Crippen LogP contribution in [0.3, 0.4) is 0 Å². The van der Waals surface area contributed by atoms with Crippen LogP contribution < -0.4 is 15.4 Å². The Kier molecular flexibility index (Phi) is 2.07. The second-order valence-corrected chi connectivity index (χ2v) is 4.12. The number of carbonyl (C=O) groups is 1. The van der Waals surface area contributed by atoms with Crippen molar-refractivity contribution < 1.29 is 9.53 Å². The van der Waals surface area contributed by atoms with Crippen LogP contribution in [0.5, 0.6) is 5.75 Å². The standard InChI is InChI=1S/C11H14N2O2/c1-11(2)12-9-5-4-7(15-3)6-8(9)10(14)13-11/h4-6,12H,1-3H3,(H,13,14). The molecule has 4 nitrogen and oxygen atoms in total. The number of fused-ring (bicyclic) bond motifs is 1. The van der Waals surface area contributed by atoms with Crippen LogP contribution in [0.4, 0.5) is 5.69 Å². The quantitative estimate of drug-likeness (QED) is 0.733. The Labute approximate surface area is 88.6 Å². The summed E-state index contributed by atoms with van der Waals surface area (Å²) in [7, 11) is 1.58. The number of hydrogen-bond donors (Lipinski definition) is 2. The summed E-state index contributed by atoms with van der Waals surface area (Å²) in [6.45, 7) is 3.83. The van der Waals surface area contributed by atoms with Crippen molar-refractivity contribution in [1.82, 2.24) is 5.32 Å². The Morgan fingerprint density at radius 2 is 2.00 bits per heavy atom. The molecule has 0 unspecified atom stereocenters. The lowest BCUT2D eigenvalue weighted by Crippen LogP contribution is -2.53. The van der Waals surface area contributed by atoms with Crippen LogP contribution in [-0.4, -0.2) is 18.7 Å². The molecule has 0 atom stereocenters. The van der Waals surface area contributed by atoms with Crippen LogP contribution in [0.15, 0.2) is 18.2 Å². The van der Waals surface area contributed by atoms with Gasteiger partial charge >= 0.3 is 0 Å². The number of methoxy groups -OCH3 is 1. The molecule has 1 aliphatic heterocycles. The third-order valence-corrected chi connectivity index (χ3v) is 2.34. The van der Waals surface area contributed by atoms with Gasteiger partial charge in [-0.2, -0.15) is 0 Å². The number of amides is 1. The van der Waals surface area contributed by atoms with Crippen LogP contribution >= 0.6 is 0 Å². The third-order valence-electron chi connectivity index (χ3n) is 2.34. The first-order valence-electron chi connectivity index (χ1n) is 4.80. The molecule has 0 saturated carbocycles. The van der Waals surface area contributed by atoms with Crippen molar-refractivity contribution in [3.63, 3.8) is 0 Å². The molecule has 80 valence electrons. The van der Waals surface area contributed by atoms with E-state index >= 15 is 0 Å². The number of hydrogen-bond acceptors (Lipinski definition) is 3. The van der Waals surface area contributed by atoms with Crippen molar-refractivity contribution in [2.45, 2.75) is 19.5 Å². The number of nitrogens with one attached hydrogen (secondary N) is 2. The number of rotatable bonds is 1. The van der Waals surface area contributed by atoms with Gasteiger partial charge in [-0.15, -0.1) is 0 Å². The van der Waals surface area contributed by atoms with Crippen LogP contribution in [0.1, 0.15) is 24.2 Å². The van der Waals surface area contributed by atoms with E-state index in [4.69, 9.17) is 4.74 Å². The summed E-state index contributed by atoms with van der Waals surface area (Å²) in [4.78, 5) is 11.8. The molecule has 1 heterocycles. The first-order valence-corrected chi connectivity index (χ1v) is 4.80. The van der Waals surface area contributed by atoms with E-state index in [9.17, 15) is 4.79 Å². The van der Waals surface area contributed by atoms with E-state index in [2.05, 4.69) is 10.6 Å². The van der Waals surface area contributed by atoms with E-state index in [0.717, 1.165) is 5.69 Å². The monoisotopic (exact) mass is 206 g/mol. The average Bonchev–Trinajstić information content (AvgIpc) is 2.15. The minimum Gasteiger partial charge on any atom is -0.497 e. The highest BCUT2D eigenvalue weighted by Gasteiger charge is 2.28. The van der Waals surface area contributed by atoms with Crippen LogP contribution in [0.2, 0.25) is 0 Å². The second kappa shape index (κ2) is 3.15. The van der Waals surface area contributed by atoms with Gasteiger partial charge in [-0.3, -0.25) is 4.79 Å². The lowest BCUT2D eigenvalue weighted by Gasteiger charge is -2.34. The van der Waals surface area contributed by atoms with E-state index in [1.807, 2.05) is 26.0 Å². The molecule has 0 saturated heterocycles. The van der Waals surface area contributed by atoms with Crippen LogP contribution in [0, 0.1) is 0 Å². The number of benzene rings is 1. The van der Waals surface area contributed by atoms with Gasteiger partial charge < -0.3 is 15.4 Å². The minimum absolute atomic E-state index is 0.0762. The van der Waals surface area contributed by atoms with Gasteiger partial charge in [0.1, 0.15) is 11.4 Å². The zero-order chi connectivity index (χ0) is 11.1. The molecule has 2 rings (SSSR count). The van der Waals surface area contributed by atoms with Gasteiger partial charge in [-0.25, -0.2) is 0 Å². The molecule has 2 N–H and O–H groups in total. The lowest BCUT2D eigenvalue weighted by molar-refractivity contribution is 0.0914. The first-order chi connectivity index (χ1) is 7.02. The molecule has 0 fully saturated rings. The Balaban J connectivity index is 2.46. The Morgan fingerprint density at radius 1 is 1.27 bits per heavy atom. The molecular weight excluding hydrogens is 192 g/mol. The van der Waals surface area contributed by atoms with E-state index < -0.39 is 5.66 Å². The van der Waals surface area contributed by atoms with Crippen molar-refractivity contribution in [3.8, 4) is 5.75 Å². The van der Waals surface area contributed by atoms with Crippen molar-refractivity contribution in [2.24, 2.45) is 0 Å². The van der Waals surface area contributed by atoms with E-state index in [-0.39, 0.29) is 5.91 Å². The summed E-state index contributed by atoms with van der Waals surface area (Å²) in [5.41, 5.74) is 1.05. The number of ether oxygens (including phenoxy) is 1. The average molecular weight is 206 g/mol. The molecule has 1 aliphatic rings. The van der Waals surface area contributed by atoms with Crippen LogP contribution in [-0.2, 0) is 0 Å². The topological polar surface area (TPSA) is 50.4 Å². The summed E-state index contributed by atoms with van der Waals surface area (Å²) in [6, 6.07) is 5.42. The fourth-order valence-electron chi connectivity index (χ4n) is 1.67. The van der Waals surface area contributed by atoms with Crippen molar-refractivity contribution >= 4 is 11.6 Å². The largest absolute Gasteiger partial charge is 0.497 e. The van der Waals surface area contributed by atoms with Crippen molar-refractivity contribution in [1.29, 1.82) is 0 Å². The Hall–Kier alpha value is -1.71. The normalized spacial score (nSPS) is 17.4. The first kappa shape index (κ1) is 9.83. The van der Waals surface area contributed by atoms with Gasteiger partial charge in [0.25, 0.3) is 5.91 Å². The summed E-state index contributed by atoms with van der Waals surface area (Å²) < 4.78 is 5.07. The van der Waals surface area contributed by atoms with Crippen molar-refractivity contribution in [2.75, 3.05) is 12.4 Å². The maximum absolute atomic E-state index is 11.8. The predicted molar refractivity (Wildman–Crippen MR) is 58.2 cm³/mol. The van der Waals surface area contributed by atoms with E-state index in [1.54, 1.807) is 13.2 Å². The molecule has 15 heavy (non-hydrogen) atoms. The van der Waals surface area contributed by atoms with Gasteiger partial charge in [-0.05, 0) is 32.0 Å². The highest BCUT2D eigenvalue weighted by atomic mass is 16.5. The Bertz CT molecular complexity index is 413. The molecule has 1 aromatic carbocycles. The van der Waals surface area contributed by atoms with Crippen LogP contribution in [0.25, 0.3) is 0 Å². The SMILES string of the molecule is COc1ccc2c(c1)C(=O)NC(C)(C)N2. The third kappa shape index (κ3) is 1.75. The highest BCUT2D eigenvalue weighted by molar-refractivity contribution is 6.02. The molecule has 0 bridgehead atoms. The molecule has 0 aromatic heterocycles. The fraction of sp³-hybridized carbons (Fsp3) is 0.364. The van der Waals surface area contributed by atoms with Gasteiger partial charge in [0, 0.05) is 5.69 Å². The summed E-state index contributed by atoms with van der Waals surface area (Å²) >= 11 is 0. The lowest BCUT2D eigenvalue weighted by atomic mass is 10.0. The summed E-state index contributed by atoms with van der Waals surface area (Å²) in [6.07, 6.45) is 0. The molecule has 0 aliphatic carbocycles. The summed E-state index contributed by atoms with van der Waals surface area (Å²) in [5, 5.41) is 6.09. The van der Waals surface area contributed by atoms with Gasteiger partial charge in [-0.1, -0.05) is 0 Å². The molecule has 1 amide bonds. The van der Waals surface area contributed by atoms with E-state index in [0.29, 0.717) is 11.3 Å². The Morgan fingerprint density at radius 3 is 2.67 bits per heavy atom. The fourth-order valence-corrected chi connectivity index (χ4v) is 1.67. The second-order valence-electron chi connectivity index (χ2n) is 4.12. The van der Waals surface area contributed by atoms with Crippen molar-refractivity contribution in [3.05, 3.63) is 23.8 Å². The zero-order valence-electron chi connectivity index (χ0n) is 9.05. The molecule has 0 spiro atoms. The molecule has 0 radical (unpaired) electrons. The maximum Gasteiger partial charge on any atom is 0.255 e. The predicted octanol–water partition coefficient (Wildman–Crippen LogP) is 1.59. The maximum atomic E-state index is 11.8. The molecule has 1 aromatic rings. The smallest absolute Gasteiger partial charge is 0.255 e. The zero-order valence-corrected chi connectivity index (χ0v) is 9.05. The van der Waals surface area contributed by atoms with Gasteiger partial charge in [0.05, 0.1) is 12.7 Å².